The van der Waals surface area contributed by atoms with Crippen molar-refractivity contribution in [1.29, 1.82) is 0 Å². The second-order valence-corrected chi connectivity index (χ2v) is 5.52. The van der Waals surface area contributed by atoms with Crippen molar-refractivity contribution < 1.29 is 4.79 Å². The number of nitrogens with two attached hydrogens (primary N) is 1. The number of urea groups is 1. The van der Waals surface area contributed by atoms with E-state index >= 15 is 0 Å². The maximum Gasteiger partial charge on any atom is 0.332 e. The van der Waals surface area contributed by atoms with Crippen molar-refractivity contribution in [3.63, 3.8) is 0 Å². The van der Waals surface area contributed by atoms with Crippen LogP contribution < -0.4 is 11.2 Å². The number of carbonyl (C=O) groups is 1. The van der Waals surface area contributed by atoms with E-state index in [9.17, 15) is 4.79 Å². The lowest BCUT2D eigenvalue weighted by atomic mass is 9.87. The Hall–Kier alpha value is -1.84. The number of hydrogen-bond acceptors (Lipinski definition) is 2. The third kappa shape index (κ3) is 2.48. The fraction of sp³-hybridized carbons (Fsp3) is 0.467. The minimum Gasteiger partial charge on any atom is -0.350 e. The van der Waals surface area contributed by atoms with Gasteiger partial charge < -0.3 is 5.73 Å². The molecule has 100 valence electrons. The van der Waals surface area contributed by atoms with Crippen LogP contribution in [0.1, 0.15) is 42.7 Å². The van der Waals surface area contributed by atoms with Gasteiger partial charge >= 0.3 is 6.03 Å². The van der Waals surface area contributed by atoms with Crippen LogP contribution >= 0.6 is 0 Å². The average molecular weight is 257 g/mol. The van der Waals surface area contributed by atoms with E-state index in [1.54, 1.807) is 0 Å². The topological polar surface area (TPSA) is 67.5 Å². The van der Waals surface area contributed by atoms with E-state index in [1.807, 2.05) is 0 Å². The van der Waals surface area contributed by atoms with E-state index in [2.05, 4.69) is 34.8 Å². The first-order chi connectivity index (χ1) is 9.24. The summed E-state index contributed by atoms with van der Waals surface area (Å²) < 4.78 is 0. The van der Waals surface area contributed by atoms with Crippen molar-refractivity contribution in [3.05, 3.63) is 35.4 Å². The third-order valence-electron chi connectivity index (χ3n) is 4.32. The van der Waals surface area contributed by atoms with E-state index in [0.29, 0.717) is 11.8 Å². The minimum absolute atomic E-state index is 0.562. The molecule has 0 aliphatic heterocycles. The Morgan fingerprint density at radius 3 is 3.00 bits per heavy atom. The van der Waals surface area contributed by atoms with E-state index in [-0.39, 0.29) is 0 Å². The number of hydrogen-bond donors (Lipinski definition) is 2. The molecule has 0 aromatic heterocycles. The van der Waals surface area contributed by atoms with Crippen LogP contribution in [-0.2, 0) is 6.42 Å². The Morgan fingerprint density at radius 1 is 1.32 bits per heavy atom. The van der Waals surface area contributed by atoms with Crippen LogP contribution in [0, 0.1) is 5.92 Å². The van der Waals surface area contributed by atoms with E-state index < -0.39 is 6.03 Å². The quantitative estimate of drug-likeness (QED) is 0.746. The molecule has 3 N–H and O–H groups in total. The summed E-state index contributed by atoms with van der Waals surface area (Å²) in [6.07, 6.45) is 5.61. The molecular weight excluding hydrogens is 238 g/mol. The number of fused-ring (bicyclic) bond motifs is 3. The SMILES string of the molecule is NC(=O)N/N=C1\CC2CCCc3ccccc3C2C1. The normalized spacial score (nSPS) is 27.5. The molecule has 0 spiro atoms. The van der Waals surface area contributed by atoms with Crippen molar-refractivity contribution in [1.82, 2.24) is 5.43 Å². The highest BCUT2D eigenvalue weighted by molar-refractivity contribution is 5.89. The van der Waals surface area contributed by atoms with Gasteiger partial charge in [0, 0.05) is 5.71 Å². The Labute approximate surface area is 113 Å². The summed E-state index contributed by atoms with van der Waals surface area (Å²) in [7, 11) is 0. The average Bonchev–Trinajstić information content (AvgIpc) is 2.73. The molecule has 2 aliphatic rings. The van der Waals surface area contributed by atoms with Crippen LogP contribution in [-0.4, -0.2) is 11.7 Å². The van der Waals surface area contributed by atoms with Crippen LogP contribution in [0.4, 0.5) is 4.79 Å². The van der Waals surface area contributed by atoms with E-state index in [4.69, 9.17) is 5.73 Å². The summed E-state index contributed by atoms with van der Waals surface area (Å²) in [6.45, 7) is 0. The molecule has 2 aliphatic carbocycles. The Balaban J connectivity index is 1.85. The number of rotatable bonds is 1. The molecule has 2 amide bonds. The van der Waals surface area contributed by atoms with Crippen molar-refractivity contribution in [3.8, 4) is 0 Å². The van der Waals surface area contributed by atoms with Gasteiger partial charge in [0.15, 0.2) is 0 Å². The standard InChI is InChI=1S/C15H19N3O/c16-15(19)18-17-12-8-11-6-3-5-10-4-1-2-7-13(10)14(11)9-12/h1-2,4,7,11,14H,3,5-6,8-9H2,(H3,16,18,19)/b17-12+. The minimum atomic E-state index is -0.583. The van der Waals surface area contributed by atoms with Gasteiger partial charge in [0.2, 0.25) is 0 Å². The van der Waals surface area contributed by atoms with Crippen molar-refractivity contribution >= 4 is 11.7 Å². The predicted molar refractivity (Wildman–Crippen MR) is 75.0 cm³/mol. The summed E-state index contributed by atoms with van der Waals surface area (Å²) in [4.78, 5) is 10.7. The number of nitrogens with zero attached hydrogens (tertiary/aromatic N) is 1. The number of carbonyl (C=O) groups excluding carboxylic acids is 1. The van der Waals surface area contributed by atoms with Gasteiger partial charge in [-0.25, -0.2) is 10.2 Å². The summed E-state index contributed by atoms with van der Waals surface area (Å²) >= 11 is 0. The largest absolute Gasteiger partial charge is 0.350 e. The Morgan fingerprint density at radius 2 is 2.16 bits per heavy atom. The van der Waals surface area contributed by atoms with E-state index in [0.717, 1.165) is 18.6 Å². The molecule has 3 rings (SSSR count). The maximum atomic E-state index is 10.7. The van der Waals surface area contributed by atoms with Crippen molar-refractivity contribution in [2.24, 2.45) is 16.8 Å². The van der Waals surface area contributed by atoms with Gasteiger partial charge in [-0.15, -0.1) is 0 Å². The molecule has 4 heteroatoms. The number of benzene rings is 1. The molecule has 0 heterocycles. The second-order valence-electron chi connectivity index (χ2n) is 5.52. The first-order valence-electron chi connectivity index (χ1n) is 6.92. The molecule has 0 radical (unpaired) electrons. The molecule has 1 fully saturated rings. The van der Waals surface area contributed by atoms with Gasteiger partial charge in [-0.2, -0.15) is 5.10 Å². The van der Waals surface area contributed by atoms with Crippen LogP contribution in [0.5, 0.6) is 0 Å². The first-order valence-corrected chi connectivity index (χ1v) is 6.92. The summed E-state index contributed by atoms with van der Waals surface area (Å²) in [5.74, 6) is 1.23. The maximum absolute atomic E-state index is 10.7. The van der Waals surface area contributed by atoms with Crippen LogP contribution in [0.25, 0.3) is 0 Å². The highest BCUT2D eigenvalue weighted by Gasteiger charge is 2.35. The molecule has 0 bridgehead atoms. The van der Waals surface area contributed by atoms with Crippen LogP contribution in [0.2, 0.25) is 0 Å². The van der Waals surface area contributed by atoms with E-state index in [1.165, 1.54) is 30.4 Å². The number of hydrazone groups is 1. The molecule has 4 nitrogen and oxygen atoms in total. The lowest BCUT2D eigenvalue weighted by molar-refractivity contribution is 0.249. The van der Waals surface area contributed by atoms with Gasteiger partial charge in [-0.05, 0) is 55.1 Å². The van der Waals surface area contributed by atoms with Gasteiger partial charge in [0.05, 0.1) is 0 Å². The number of nitrogens with one attached hydrogen (secondary N) is 1. The zero-order valence-electron chi connectivity index (χ0n) is 10.9. The highest BCUT2D eigenvalue weighted by atomic mass is 16.2. The number of amides is 2. The van der Waals surface area contributed by atoms with Gasteiger partial charge in [0.1, 0.15) is 0 Å². The smallest absolute Gasteiger partial charge is 0.332 e. The number of primary amides is 1. The number of aryl methyl sites for hydroxylation is 1. The van der Waals surface area contributed by atoms with Crippen LogP contribution in [0.3, 0.4) is 0 Å². The van der Waals surface area contributed by atoms with Gasteiger partial charge in [0.25, 0.3) is 0 Å². The molecule has 1 saturated carbocycles. The predicted octanol–water partition coefficient (Wildman–Crippen LogP) is 2.54. The van der Waals surface area contributed by atoms with Gasteiger partial charge in [-0.3, -0.25) is 0 Å². The molecule has 1 aromatic carbocycles. The van der Waals surface area contributed by atoms with Crippen molar-refractivity contribution in [2.45, 2.75) is 38.0 Å². The molecular formula is C15H19N3O. The lowest BCUT2D eigenvalue weighted by Crippen LogP contribution is -2.25. The zero-order chi connectivity index (χ0) is 13.2. The highest BCUT2D eigenvalue weighted by Crippen LogP contribution is 2.44. The molecule has 19 heavy (non-hydrogen) atoms. The molecule has 2 unspecified atom stereocenters. The monoisotopic (exact) mass is 257 g/mol. The van der Waals surface area contributed by atoms with Gasteiger partial charge in [-0.1, -0.05) is 24.3 Å². The first kappa shape index (κ1) is 12.2. The lowest BCUT2D eigenvalue weighted by Gasteiger charge is -2.17. The summed E-state index contributed by atoms with van der Waals surface area (Å²) in [6, 6.07) is 8.16. The Bertz CT molecular complexity index is 524. The molecule has 2 atom stereocenters. The zero-order valence-corrected chi connectivity index (χ0v) is 10.9. The summed E-state index contributed by atoms with van der Waals surface area (Å²) in [5, 5.41) is 4.14. The van der Waals surface area contributed by atoms with Crippen molar-refractivity contribution in [2.75, 3.05) is 0 Å². The fourth-order valence-corrected chi connectivity index (χ4v) is 3.52. The molecule has 1 aromatic rings. The second kappa shape index (κ2) is 5.03. The third-order valence-corrected chi connectivity index (χ3v) is 4.32. The summed E-state index contributed by atoms with van der Waals surface area (Å²) in [5.41, 5.74) is 11.5. The fourth-order valence-electron chi connectivity index (χ4n) is 3.52. The van der Waals surface area contributed by atoms with Crippen LogP contribution in [0.15, 0.2) is 29.4 Å². The molecule has 0 saturated heterocycles. The Kier molecular flexibility index (Phi) is 3.23.